The minimum Gasteiger partial charge on any atom is -0.388 e. The summed E-state index contributed by atoms with van der Waals surface area (Å²) in [4.78, 5) is 0.970. The number of aliphatic hydroxyl groups excluding tert-OH is 1. The first-order valence-electron chi connectivity index (χ1n) is 3.61. The molecule has 0 aliphatic carbocycles. The molecular formula is C9H9BrOS. The number of terminal acetylenes is 1. The third-order valence-corrected chi connectivity index (χ3v) is 3.21. The van der Waals surface area contributed by atoms with E-state index in [0.29, 0.717) is 12.8 Å². The molecule has 0 spiro atoms. The molecule has 0 saturated heterocycles. The summed E-state index contributed by atoms with van der Waals surface area (Å²) >= 11 is 4.88. The van der Waals surface area contributed by atoms with Crippen molar-refractivity contribution in [3.05, 3.63) is 20.8 Å². The van der Waals surface area contributed by atoms with E-state index in [-0.39, 0.29) is 0 Å². The van der Waals surface area contributed by atoms with Crippen LogP contribution in [0, 0.1) is 12.3 Å². The second kappa shape index (κ2) is 4.66. The Morgan fingerprint density at radius 3 is 2.92 bits per heavy atom. The highest BCUT2D eigenvalue weighted by atomic mass is 79.9. The Kier molecular flexibility index (Phi) is 3.80. The van der Waals surface area contributed by atoms with Crippen LogP contribution in [-0.4, -0.2) is 5.11 Å². The van der Waals surface area contributed by atoms with Crippen LogP contribution in [-0.2, 0) is 0 Å². The van der Waals surface area contributed by atoms with Gasteiger partial charge in [-0.15, -0.1) is 23.7 Å². The molecule has 0 amide bonds. The van der Waals surface area contributed by atoms with Crippen LogP contribution in [0.25, 0.3) is 0 Å². The van der Waals surface area contributed by atoms with Gasteiger partial charge in [0.05, 0.1) is 9.89 Å². The van der Waals surface area contributed by atoms with Crippen LogP contribution in [0.15, 0.2) is 15.9 Å². The third kappa shape index (κ3) is 2.63. The van der Waals surface area contributed by atoms with E-state index < -0.39 is 6.10 Å². The zero-order valence-corrected chi connectivity index (χ0v) is 8.86. The van der Waals surface area contributed by atoms with Crippen molar-refractivity contribution < 1.29 is 5.11 Å². The fraction of sp³-hybridized carbons (Fsp3) is 0.333. The second-order valence-corrected chi connectivity index (χ2v) is 4.90. The lowest BCUT2D eigenvalue weighted by Crippen LogP contribution is -1.92. The fourth-order valence-electron chi connectivity index (χ4n) is 0.870. The summed E-state index contributed by atoms with van der Waals surface area (Å²) < 4.78 is 1.04. The van der Waals surface area contributed by atoms with E-state index in [2.05, 4.69) is 21.9 Å². The molecule has 1 atom stereocenters. The molecule has 1 unspecified atom stereocenters. The number of halogens is 1. The predicted octanol–water partition coefficient (Wildman–Crippen LogP) is 2.96. The monoisotopic (exact) mass is 244 g/mol. The molecule has 64 valence electrons. The lowest BCUT2D eigenvalue weighted by Gasteiger charge is -2.04. The molecule has 1 N–H and O–H groups in total. The van der Waals surface area contributed by atoms with Gasteiger partial charge in [-0.05, 0) is 34.5 Å². The highest BCUT2D eigenvalue weighted by Crippen LogP contribution is 2.29. The number of rotatable bonds is 3. The van der Waals surface area contributed by atoms with E-state index in [0.717, 1.165) is 8.66 Å². The van der Waals surface area contributed by atoms with Gasteiger partial charge >= 0.3 is 0 Å². The number of hydrogen-bond acceptors (Lipinski definition) is 2. The molecule has 1 aromatic heterocycles. The lowest BCUT2D eigenvalue weighted by molar-refractivity contribution is 0.173. The van der Waals surface area contributed by atoms with Gasteiger partial charge in [0.1, 0.15) is 0 Å². The van der Waals surface area contributed by atoms with Crippen LogP contribution in [0.2, 0.25) is 0 Å². The Balaban J connectivity index is 2.54. The largest absolute Gasteiger partial charge is 0.388 e. The molecule has 0 saturated carbocycles. The third-order valence-electron chi connectivity index (χ3n) is 1.48. The fourth-order valence-corrected chi connectivity index (χ4v) is 2.31. The molecule has 3 heteroatoms. The maximum atomic E-state index is 9.56. The van der Waals surface area contributed by atoms with Crippen LogP contribution in [0.1, 0.15) is 23.8 Å². The highest BCUT2D eigenvalue weighted by Gasteiger charge is 2.08. The minimum absolute atomic E-state index is 0.405. The normalized spacial score (nSPS) is 12.4. The molecule has 0 aliphatic rings. The molecule has 0 fully saturated rings. The van der Waals surface area contributed by atoms with E-state index in [1.54, 1.807) is 11.3 Å². The van der Waals surface area contributed by atoms with Crippen molar-refractivity contribution in [1.29, 1.82) is 0 Å². The Labute approximate surface area is 84.6 Å². The van der Waals surface area contributed by atoms with Gasteiger partial charge in [-0.2, -0.15) is 0 Å². The molecule has 1 heterocycles. The minimum atomic E-state index is -0.405. The number of thiophene rings is 1. The average Bonchev–Trinajstić information content (AvgIpc) is 2.47. The first kappa shape index (κ1) is 9.79. The molecule has 0 aromatic carbocycles. The van der Waals surface area contributed by atoms with Crippen LogP contribution < -0.4 is 0 Å². The summed E-state index contributed by atoms with van der Waals surface area (Å²) in [6.07, 6.45) is 5.95. The zero-order chi connectivity index (χ0) is 8.97. The first-order chi connectivity index (χ1) is 5.74. The molecule has 12 heavy (non-hydrogen) atoms. The van der Waals surface area contributed by atoms with Crippen molar-refractivity contribution in [2.24, 2.45) is 0 Å². The van der Waals surface area contributed by atoms with Gasteiger partial charge in [0.25, 0.3) is 0 Å². The van der Waals surface area contributed by atoms with Gasteiger partial charge in [-0.3, -0.25) is 0 Å². The summed E-state index contributed by atoms with van der Waals surface area (Å²) in [5.74, 6) is 2.51. The van der Waals surface area contributed by atoms with Gasteiger partial charge in [0.2, 0.25) is 0 Å². The van der Waals surface area contributed by atoms with Gasteiger partial charge in [-0.25, -0.2) is 0 Å². The van der Waals surface area contributed by atoms with Crippen molar-refractivity contribution in [2.45, 2.75) is 18.9 Å². The lowest BCUT2D eigenvalue weighted by atomic mass is 10.2. The summed E-state index contributed by atoms with van der Waals surface area (Å²) in [6.45, 7) is 0. The summed E-state index contributed by atoms with van der Waals surface area (Å²) in [7, 11) is 0. The summed E-state index contributed by atoms with van der Waals surface area (Å²) in [6, 6.07) is 3.84. The number of hydrogen-bond donors (Lipinski definition) is 1. The van der Waals surface area contributed by atoms with Gasteiger partial charge in [0.15, 0.2) is 0 Å². The highest BCUT2D eigenvalue weighted by molar-refractivity contribution is 9.11. The molecule has 1 aromatic rings. The van der Waals surface area contributed by atoms with E-state index in [1.807, 2.05) is 12.1 Å². The van der Waals surface area contributed by atoms with Crippen molar-refractivity contribution in [3.8, 4) is 12.3 Å². The van der Waals surface area contributed by atoms with Crippen LogP contribution >= 0.6 is 27.3 Å². The zero-order valence-electron chi connectivity index (χ0n) is 6.46. The van der Waals surface area contributed by atoms with Crippen molar-refractivity contribution >= 4 is 27.3 Å². The standard InChI is InChI=1S/C9H9BrOS/c1-2-3-4-7(11)8-5-6-9(10)12-8/h1,5-7,11H,3-4H2. The van der Waals surface area contributed by atoms with E-state index in [9.17, 15) is 5.11 Å². The topological polar surface area (TPSA) is 20.2 Å². The van der Waals surface area contributed by atoms with E-state index in [4.69, 9.17) is 6.42 Å². The first-order valence-corrected chi connectivity index (χ1v) is 5.21. The van der Waals surface area contributed by atoms with Crippen molar-refractivity contribution in [1.82, 2.24) is 0 Å². The molecule has 0 aliphatic heterocycles. The summed E-state index contributed by atoms with van der Waals surface area (Å²) in [5.41, 5.74) is 0. The maximum absolute atomic E-state index is 9.56. The molecule has 1 nitrogen and oxygen atoms in total. The van der Waals surface area contributed by atoms with E-state index >= 15 is 0 Å². The predicted molar refractivity (Wildman–Crippen MR) is 55.0 cm³/mol. The van der Waals surface area contributed by atoms with Gasteiger partial charge in [-0.1, -0.05) is 0 Å². The van der Waals surface area contributed by atoms with Gasteiger partial charge in [0, 0.05) is 11.3 Å². The van der Waals surface area contributed by atoms with Crippen LogP contribution in [0.5, 0.6) is 0 Å². The quantitative estimate of drug-likeness (QED) is 0.811. The molecule has 0 radical (unpaired) electrons. The number of aliphatic hydroxyl groups is 1. The second-order valence-electron chi connectivity index (χ2n) is 2.40. The molecule has 1 rings (SSSR count). The Hall–Kier alpha value is -0.300. The SMILES string of the molecule is C#CCCC(O)c1ccc(Br)s1. The van der Waals surface area contributed by atoms with E-state index in [1.165, 1.54) is 0 Å². The average molecular weight is 245 g/mol. The molecule has 0 bridgehead atoms. The van der Waals surface area contributed by atoms with Crippen LogP contribution in [0.3, 0.4) is 0 Å². The Bertz CT molecular complexity index is 287. The van der Waals surface area contributed by atoms with Crippen LogP contribution in [0.4, 0.5) is 0 Å². The Morgan fingerprint density at radius 1 is 1.67 bits per heavy atom. The van der Waals surface area contributed by atoms with Gasteiger partial charge < -0.3 is 5.11 Å². The smallest absolute Gasteiger partial charge is 0.0891 e. The maximum Gasteiger partial charge on any atom is 0.0891 e. The van der Waals surface area contributed by atoms with Crippen molar-refractivity contribution in [3.63, 3.8) is 0 Å². The Morgan fingerprint density at radius 2 is 2.42 bits per heavy atom. The summed E-state index contributed by atoms with van der Waals surface area (Å²) in [5, 5.41) is 9.56. The van der Waals surface area contributed by atoms with Crippen molar-refractivity contribution in [2.75, 3.05) is 0 Å². The molecular weight excluding hydrogens is 236 g/mol.